The summed E-state index contributed by atoms with van der Waals surface area (Å²) in [4.78, 5) is 15.1. The van der Waals surface area contributed by atoms with Crippen LogP contribution < -0.4 is 5.46 Å². The topological polar surface area (TPSA) is 57.1 Å². The molecule has 0 aliphatic carbocycles. The molecule has 276 valence electrons. The third-order valence-corrected chi connectivity index (χ3v) is 11.2. The molecule has 1 aliphatic rings. The fourth-order valence-corrected chi connectivity index (χ4v) is 7.35. The van der Waals surface area contributed by atoms with Crippen molar-refractivity contribution in [3.8, 4) is 78.7 Å². The Labute approximate surface area is 335 Å². The molecule has 8 aromatic rings. The first-order valence-corrected chi connectivity index (χ1v) is 19.5. The second-order valence-corrected chi connectivity index (χ2v) is 15.5. The van der Waals surface area contributed by atoms with Gasteiger partial charge in [0.25, 0.3) is 0 Å². The summed E-state index contributed by atoms with van der Waals surface area (Å²) in [6, 6.07) is 63.4. The van der Waals surface area contributed by atoms with Crippen molar-refractivity contribution in [2.45, 2.75) is 38.9 Å². The Hall–Kier alpha value is -6.47. The maximum atomic E-state index is 6.32. The van der Waals surface area contributed by atoms with Gasteiger partial charge in [0.1, 0.15) is 0 Å². The fourth-order valence-electron chi connectivity index (χ4n) is 7.35. The predicted molar refractivity (Wildman–Crippen MR) is 234 cm³/mol. The molecule has 0 radical (unpaired) electrons. The number of benzene rings is 7. The molecule has 5 nitrogen and oxygen atoms in total. The summed E-state index contributed by atoms with van der Waals surface area (Å²) < 4.78 is 12.6. The lowest BCUT2D eigenvalue weighted by atomic mass is 9.79. The van der Waals surface area contributed by atoms with Gasteiger partial charge >= 0.3 is 7.12 Å². The highest BCUT2D eigenvalue weighted by Gasteiger charge is 2.51. The van der Waals surface area contributed by atoms with E-state index < -0.39 is 18.3 Å². The molecule has 0 N–H and O–H groups in total. The van der Waals surface area contributed by atoms with E-state index in [1.54, 1.807) is 0 Å². The Morgan fingerprint density at radius 2 is 0.684 bits per heavy atom. The summed E-state index contributed by atoms with van der Waals surface area (Å²) in [5.74, 6) is 1.81. The van der Waals surface area contributed by atoms with Crippen LogP contribution in [0.2, 0.25) is 0 Å². The van der Waals surface area contributed by atoms with Gasteiger partial charge in [0.2, 0.25) is 0 Å². The Balaban J connectivity index is 1.14. The molecule has 0 atom stereocenters. The molecular weight excluding hydrogens is 697 g/mol. The van der Waals surface area contributed by atoms with Crippen molar-refractivity contribution in [1.29, 1.82) is 0 Å². The number of hydrogen-bond acceptors (Lipinski definition) is 5. The summed E-state index contributed by atoms with van der Waals surface area (Å²) in [5.41, 5.74) is 12.1. The van der Waals surface area contributed by atoms with Crippen LogP contribution in [0.25, 0.3) is 78.7 Å². The second-order valence-electron chi connectivity index (χ2n) is 15.5. The number of rotatable bonds is 8. The van der Waals surface area contributed by atoms with E-state index in [-0.39, 0.29) is 0 Å². The SMILES string of the molecule is CC1(C)OB(c2ccc(-c3nc(-c4ccccc4)nc(-c4ccc(-c5c(-c6ccccc6)cc(-c6ccccc6)cc5-c5ccccc5)cc4)n3)cc2)OC1(C)C. The highest BCUT2D eigenvalue weighted by molar-refractivity contribution is 6.62. The fraction of sp³-hybridized carbons (Fsp3) is 0.118. The van der Waals surface area contributed by atoms with Gasteiger partial charge in [-0.1, -0.05) is 170 Å². The minimum atomic E-state index is -0.448. The van der Waals surface area contributed by atoms with Crippen molar-refractivity contribution in [2.24, 2.45) is 0 Å². The van der Waals surface area contributed by atoms with Crippen molar-refractivity contribution in [3.05, 3.63) is 182 Å². The summed E-state index contributed by atoms with van der Waals surface area (Å²) in [7, 11) is -0.448. The molecule has 0 bridgehead atoms. The van der Waals surface area contributed by atoms with Crippen LogP contribution in [0.4, 0.5) is 0 Å². The molecule has 1 aliphatic heterocycles. The van der Waals surface area contributed by atoms with Gasteiger partial charge in [-0.2, -0.15) is 0 Å². The van der Waals surface area contributed by atoms with Gasteiger partial charge in [0, 0.05) is 16.7 Å². The number of hydrogen-bond donors (Lipinski definition) is 0. The molecule has 0 unspecified atom stereocenters. The van der Waals surface area contributed by atoms with Crippen molar-refractivity contribution in [3.63, 3.8) is 0 Å². The van der Waals surface area contributed by atoms with Gasteiger partial charge in [-0.15, -0.1) is 0 Å². The Morgan fingerprint density at radius 1 is 0.351 bits per heavy atom. The van der Waals surface area contributed by atoms with E-state index in [1.165, 1.54) is 27.8 Å². The summed E-state index contributed by atoms with van der Waals surface area (Å²) in [6.07, 6.45) is 0. The van der Waals surface area contributed by atoms with Crippen LogP contribution in [0.1, 0.15) is 27.7 Å². The largest absolute Gasteiger partial charge is 0.494 e. The smallest absolute Gasteiger partial charge is 0.399 e. The minimum Gasteiger partial charge on any atom is -0.399 e. The van der Waals surface area contributed by atoms with Gasteiger partial charge in [0.05, 0.1) is 11.2 Å². The molecule has 1 fully saturated rings. The zero-order chi connectivity index (χ0) is 39.0. The molecule has 6 heteroatoms. The van der Waals surface area contributed by atoms with E-state index in [4.69, 9.17) is 24.3 Å². The van der Waals surface area contributed by atoms with Gasteiger partial charge in [-0.3, -0.25) is 0 Å². The third kappa shape index (κ3) is 7.22. The Morgan fingerprint density at radius 3 is 1.11 bits per heavy atom. The molecule has 2 heterocycles. The maximum absolute atomic E-state index is 6.32. The molecule has 0 saturated carbocycles. The first kappa shape index (κ1) is 36.2. The molecule has 0 amide bonds. The molecule has 57 heavy (non-hydrogen) atoms. The molecule has 9 rings (SSSR count). The molecule has 1 saturated heterocycles. The van der Waals surface area contributed by atoms with E-state index >= 15 is 0 Å². The Bertz CT molecular complexity index is 2570. The highest BCUT2D eigenvalue weighted by atomic mass is 16.7. The predicted octanol–water partition coefficient (Wildman–Crippen LogP) is 11.8. The van der Waals surface area contributed by atoms with Crippen LogP contribution in [0.5, 0.6) is 0 Å². The zero-order valence-electron chi connectivity index (χ0n) is 32.6. The first-order chi connectivity index (χ1) is 27.7. The standard InChI is InChI=1S/C51H42BN3O2/c1-50(2)51(3,4)57-52(56-50)43-31-29-41(30-32-43)49-54-47(39-23-15-8-16-24-39)53-48(55-49)40-27-25-38(26-28-40)46-44(36-19-11-6-12-20-36)33-42(35-17-9-5-10-18-35)34-45(46)37-21-13-7-14-22-37/h5-34H,1-4H3. The van der Waals surface area contributed by atoms with E-state index in [2.05, 4.69) is 155 Å². The molecule has 0 spiro atoms. The third-order valence-electron chi connectivity index (χ3n) is 11.2. The summed E-state index contributed by atoms with van der Waals surface area (Å²) in [5, 5.41) is 0. The number of aromatic nitrogens is 3. The van der Waals surface area contributed by atoms with E-state index in [9.17, 15) is 0 Å². The first-order valence-electron chi connectivity index (χ1n) is 19.5. The van der Waals surface area contributed by atoms with E-state index in [0.717, 1.165) is 38.8 Å². The van der Waals surface area contributed by atoms with Gasteiger partial charge in [0.15, 0.2) is 17.5 Å². The average Bonchev–Trinajstić information content (AvgIpc) is 3.49. The van der Waals surface area contributed by atoms with Crippen LogP contribution in [-0.4, -0.2) is 33.3 Å². The summed E-state index contributed by atoms with van der Waals surface area (Å²) >= 11 is 0. The quantitative estimate of drug-likeness (QED) is 0.145. The monoisotopic (exact) mass is 739 g/mol. The molecular formula is C51H42BN3O2. The van der Waals surface area contributed by atoms with Crippen LogP contribution in [-0.2, 0) is 9.31 Å². The maximum Gasteiger partial charge on any atom is 0.494 e. The van der Waals surface area contributed by atoms with Crippen molar-refractivity contribution in [2.75, 3.05) is 0 Å². The van der Waals surface area contributed by atoms with E-state index in [0.29, 0.717) is 17.5 Å². The average molecular weight is 740 g/mol. The normalized spacial score (nSPS) is 14.4. The lowest BCUT2D eigenvalue weighted by Crippen LogP contribution is -2.41. The van der Waals surface area contributed by atoms with Crippen LogP contribution >= 0.6 is 0 Å². The molecule has 7 aromatic carbocycles. The number of nitrogens with zero attached hydrogens (tertiary/aromatic N) is 3. The van der Waals surface area contributed by atoms with E-state index in [1.807, 2.05) is 54.6 Å². The molecule has 1 aromatic heterocycles. The van der Waals surface area contributed by atoms with Gasteiger partial charge in [-0.05, 0) is 89.8 Å². The van der Waals surface area contributed by atoms with Gasteiger partial charge in [-0.25, -0.2) is 15.0 Å². The van der Waals surface area contributed by atoms with Crippen molar-refractivity contribution < 1.29 is 9.31 Å². The van der Waals surface area contributed by atoms with Gasteiger partial charge < -0.3 is 9.31 Å². The lowest BCUT2D eigenvalue weighted by molar-refractivity contribution is 0.00578. The van der Waals surface area contributed by atoms with Crippen molar-refractivity contribution >= 4 is 12.6 Å². The minimum absolute atomic E-state index is 0.419. The van der Waals surface area contributed by atoms with Crippen LogP contribution in [0.15, 0.2) is 182 Å². The lowest BCUT2D eigenvalue weighted by Gasteiger charge is -2.32. The highest BCUT2D eigenvalue weighted by Crippen LogP contribution is 2.44. The van der Waals surface area contributed by atoms with Crippen LogP contribution in [0, 0.1) is 0 Å². The van der Waals surface area contributed by atoms with Crippen LogP contribution in [0.3, 0.4) is 0 Å². The zero-order valence-corrected chi connectivity index (χ0v) is 32.6. The van der Waals surface area contributed by atoms with Crippen molar-refractivity contribution in [1.82, 2.24) is 15.0 Å². The second kappa shape index (κ2) is 14.9. The summed E-state index contributed by atoms with van der Waals surface area (Å²) in [6.45, 7) is 8.27. The Kier molecular flexibility index (Phi) is 9.45.